The number of Topliss-reactive ketones (excluding diaryl/α,β-unsaturated/α-hetero) is 1. The topological polar surface area (TPSA) is 17.1 Å². The van der Waals surface area contributed by atoms with Crippen LogP contribution in [0.25, 0.3) is 0 Å². The van der Waals surface area contributed by atoms with Gasteiger partial charge in [-0.2, -0.15) is 0 Å². The van der Waals surface area contributed by atoms with E-state index in [1.54, 1.807) is 0 Å². The highest BCUT2D eigenvalue weighted by Crippen LogP contribution is 2.44. The van der Waals surface area contributed by atoms with Gasteiger partial charge in [-0.3, -0.25) is 4.79 Å². The molecule has 1 saturated carbocycles. The fraction of sp³-hybridized carbons (Fsp3) is 0.933. The highest BCUT2D eigenvalue weighted by Gasteiger charge is 2.39. The van der Waals surface area contributed by atoms with Crippen LogP contribution in [0.5, 0.6) is 0 Å². The Morgan fingerprint density at radius 2 is 2.00 bits per heavy atom. The molecule has 2 atom stereocenters. The molecule has 0 bridgehead atoms. The zero-order chi connectivity index (χ0) is 12.2. The molecule has 1 aliphatic carbocycles. The largest absolute Gasteiger partial charge is 0.299 e. The first kappa shape index (κ1) is 13.7. The Labute approximate surface area is 101 Å². The Morgan fingerprint density at radius 1 is 1.38 bits per heavy atom. The maximum Gasteiger partial charge on any atom is 0.141 e. The Balaban J connectivity index is 2.62. The minimum atomic E-state index is -0.0212. The quantitative estimate of drug-likeness (QED) is 0.589. The highest BCUT2D eigenvalue weighted by molar-refractivity contribution is 5.86. The van der Waals surface area contributed by atoms with E-state index in [-0.39, 0.29) is 11.3 Å². The van der Waals surface area contributed by atoms with E-state index in [1.807, 2.05) is 0 Å². The Bertz CT molecular complexity index is 230. The fourth-order valence-electron chi connectivity index (χ4n) is 2.63. The molecule has 0 aliphatic heterocycles. The lowest BCUT2D eigenvalue weighted by molar-refractivity contribution is -0.132. The summed E-state index contributed by atoms with van der Waals surface area (Å²) in [5.41, 5.74) is -0.0212. The van der Waals surface area contributed by atoms with E-state index in [0.717, 1.165) is 25.2 Å². The first-order valence-corrected chi connectivity index (χ1v) is 7.07. The van der Waals surface area contributed by atoms with Crippen molar-refractivity contribution in [2.24, 2.45) is 17.3 Å². The van der Waals surface area contributed by atoms with E-state index in [2.05, 4.69) is 27.7 Å². The van der Waals surface area contributed by atoms with Gasteiger partial charge in [0.15, 0.2) is 0 Å². The normalized spacial score (nSPS) is 21.5. The van der Waals surface area contributed by atoms with Gasteiger partial charge in [0, 0.05) is 11.3 Å². The summed E-state index contributed by atoms with van der Waals surface area (Å²) in [7, 11) is 0. The SMILES string of the molecule is CCCCC(C)(CC1CC1)C(=O)C(C)CC. The van der Waals surface area contributed by atoms with Crippen molar-refractivity contribution in [3.8, 4) is 0 Å². The molecule has 1 fully saturated rings. The summed E-state index contributed by atoms with van der Waals surface area (Å²) in [6, 6.07) is 0. The third-order valence-corrected chi connectivity index (χ3v) is 4.17. The molecular formula is C15H28O. The molecule has 1 nitrogen and oxygen atoms in total. The van der Waals surface area contributed by atoms with Crippen molar-refractivity contribution in [3.05, 3.63) is 0 Å². The van der Waals surface area contributed by atoms with Crippen molar-refractivity contribution in [2.75, 3.05) is 0 Å². The summed E-state index contributed by atoms with van der Waals surface area (Å²) in [5, 5.41) is 0. The summed E-state index contributed by atoms with van der Waals surface area (Å²) in [6.07, 6.45) is 8.36. The molecule has 1 rings (SSSR count). The zero-order valence-electron chi connectivity index (χ0n) is 11.5. The van der Waals surface area contributed by atoms with Crippen LogP contribution in [0.4, 0.5) is 0 Å². The summed E-state index contributed by atoms with van der Waals surface area (Å²) in [6.45, 7) is 8.65. The van der Waals surface area contributed by atoms with E-state index >= 15 is 0 Å². The molecule has 0 aromatic rings. The Morgan fingerprint density at radius 3 is 2.44 bits per heavy atom. The molecule has 94 valence electrons. The number of hydrogen-bond donors (Lipinski definition) is 0. The number of ketones is 1. The molecule has 0 aromatic carbocycles. The maximum absolute atomic E-state index is 12.5. The second kappa shape index (κ2) is 5.84. The van der Waals surface area contributed by atoms with E-state index in [4.69, 9.17) is 0 Å². The van der Waals surface area contributed by atoms with Crippen LogP contribution in [-0.2, 0) is 4.79 Å². The van der Waals surface area contributed by atoms with Crippen molar-refractivity contribution in [2.45, 2.75) is 72.6 Å². The van der Waals surface area contributed by atoms with Crippen LogP contribution in [-0.4, -0.2) is 5.78 Å². The molecule has 0 aromatic heterocycles. The number of unbranched alkanes of at least 4 members (excludes halogenated alkanes) is 1. The molecule has 0 spiro atoms. The van der Waals surface area contributed by atoms with Crippen molar-refractivity contribution in [1.29, 1.82) is 0 Å². The van der Waals surface area contributed by atoms with Gasteiger partial charge in [-0.05, 0) is 25.2 Å². The summed E-state index contributed by atoms with van der Waals surface area (Å²) >= 11 is 0. The second-order valence-corrected chi connectivity index (χ2v) is 5.99. The summed E-state index contributed by atoms with van der Waals surface area (Å²) < 4.78 is 0. The standard InChI is InChI=1S/C15H28O/c1-5-7-10-15(4,11-13-8-9-13)14(16)12(3)6-2/h12-13H,5-11H2,1-4H3. The van der Waals surface area contributed by atoms with Gasteiger partial charge in [-0.15, -0.1) is 0 Å². The first-order chi connectivity index (χ1) is 7.53. The van der Waals surface area contributed by atoms with Gasteiger partial charge in [0.25, 0.3) is 0 Å². The van der Waals surface area contributed by atoms with Crippen LogP contribution >= 0.6 is 0 Å². The Hall–Kier alpha value is -0.330. The third kappa shape index (κ3) is 3.61. The predicted octanol–water partition coefficient (Wildman–Crippen LogP) is 4.60. The molecular weight excluding hydrogens is 196 g/mol. The van der Waals surface area contributed by atoms with Crippen LogP contribution in [0, 0.1) is 17.3 Å². The lowest BCUT2D eigenvalue weighted by atomic mass is 9.72. The second-order valence-electron chi connectivity index (χ2n) is 5.99. The number of rotatable bonds is 8. The molecule has 0 radical (unpaired) electrons. The maximum atomic E-state index is 12.5. The van der Waals surface area contributed by atoms with Gasteiger partial charge in [-0.25, -0.2) is 0 Å². The molecule has 16 heavy (non-hydrogen) atoms. The monoisotopic (exact) mass is 224 g/mol. The van der Waals surface area contributed by atoms with Gasteiger partial charge >= 0.3 is 0 Å². The van der Waals surface area contributed by atoms with Gasteiger partial charge in [-0.1, -0.05) is 53.4 Å². The van der Waals surface area contributed by atoms with Crippen molar-refractivity contribution < 1.29 is 4.79 Å². The van der Waals surface area contributed by atoms with Gasteiger partial charge in [0.05, 0.1) is 0 Å². The number of hydrogen-bond acceptors (Lipinski definition) is 1. The fourth-order valence-corrected chi connectivity index (χ4v) is 2.63. The summed E-state index contributed by atoms with van der Waals surface area (Å²) in [4.78, 5) is 12.5. The zero-order valence-corrected chi connectivity index (χ0v) is 11.5. The molecule has 1 aliphatic rings. The van der Waals surface area contributed by atoms with Crippen LogP contribution in [0.1, 0.15) is 72.6 Å². The van der Waals surface area contributed by atoms with Crippen LogP contribution < -0.4 is 0 Å². The number of carbonyl (C=O) groups is 1. The highest BCUT2D eigenvalue weighted by atomic mass is 16.1. The molecule has 1 heteroatoms. The first-order valence-electron chi connectivity index (χ1n) is 7.07. The van der Waals surface area contributed by atoms with E-state index in [9.17, 15) is 4.79 Å². The molecule has 0 amide bonds. The lowest BCUT2D eigenvalue weighted by Gasteiger charge is -2.31. The van der Waals surface area contributed by atoms with Crippen LogP contribution in [0.15, 0.2) is 0 Å². The third-order valence-electron chi connectivity index (χ3n) is 4.17. The van der Waals surface area contributed by atoms with Gasteiger partial charge in [0.2, 0.25) is 0 Å². The van der Waals surface area contributed by atoms with Crippen molar-refractivity contribution in [1.82, 2.24) is 0 Å². The molecule has 0 heterocycles. The number of carbonyl (C=O) groups excluding carboxylic acids is 1. The van der Waals surface area contributed by atoms with Crippen LogP contribution in [0.2, 0.25) is 0 Å². The van der Waals surface area contributed by atoms with Gasteiger partial charge < -0.3 is 0 Å². The molecule has 2 unspecified atom stereocenters. The summed E-state index contributed by atoms with van der Waals surface area (Å²) in [5.74, 6) is 1.63. The smallest absolute Gasteiger partial charge is 0.141 e. The van der Waals surface area contributed by atoms with E-state index < -0.39 is 0 Å². The molecule has 0 saturated heterocycles. The average Bonchev–Trinajstić information content (AvgIpc) is 3.08. The van der Waals surface area contributed by atoms with E-state index in [1.165, 1.54) is 25.7 Å². The minimum absolute atomic E-state index is 0.0212. The predicted molar refractivity (Wildman–Crippen MR) is 69.4 cm³/mol. The van der Waals surface area contributed by atoms with Crippen LogP contribution in [0.3, 0.4) is 0 Å². The Kier molecular flexibility index (Phi) is 5.01. The average molecular weight is 224 g/mol. The van der Waals surface area contributed by atoms with Gasteiger partial charge in [0.1, 0.15) is 5.78 Å². The molecule has 0 N–H and O–H groups in total. The van der Waals surface area contributed by atoms with Crippen molar-refractivity contribution in [3.63, 3.8) is 0 Å². The van der Waals surface area contributed by atoms with E-state index in [0.29, 0.717) is 5.78 Å². The van der Waals surface area contributed by atoms with Crippen molar-refractivity contribution >= 4 is 5.78 Å². The lowest BCUT2D eigenvalue weighted by Crippen LogP contribution is -2.33. The minimum Gasteiger partial charge on any atom is -0.299 e.